The summed E-state index contributed by atoms with van der Waals surface area (Å²) in [6.45, 7) is 3.32. The number of hydrogen-bond donors (Lipinski definition) is 3. The minimum Gasteiger partial charge on any atom is -0.481 e. The number of carbonyl (C=O) groups excluding carboxylic acids is 1. The monoisotopic (exact) mass is 332 g/mol. The molecular formula is C15H19F3N2O3. The van der Waals surface area contributed by atoms with Crippen LogP contribution in [-0.4, -0.2) is 28.8 Å². The minimum absolute atomic E-state index is 0.0421. The van der Waals surface area contributed by atoms with E-state index in [9.17, 15) is 22.8 Å². The standard InChI is InChI=1S/C15H19F3N2O3/c1-14(2,7-6-12(21)22)20-13(23)19-11-5-3-4-10(8-11)9-15(16,17)18/h3-5,8H,6-7,9H2,1-2H3,(H,21,22)(H2,19,20,23). The fourth-order valence-corrected chi connectivity index (χ4v) is 1.94. The number of carboxylic acids is 1. The average Bonchev–Trinajstić information content (AvgIpc) is 2.34. The van der Waals surface area contributed by atoms with Gasteiger partial charge in [0.15, 0.2) is 0 Å². The Morgan fingerprint density at radius 1 is 1.22 bits per heavy atom. The number of hydrogen-bond acceptors (Lipinski definition) is 2. The number of halogens is 3. The number of alkyl halides is 3. The van der Waals surface area contributed by atoms with Gasteiger partial charge in [-0.25, -0.2) is 4.79 Å². The maximum atomic E-state index is 12.4. The molecule has 8 heteroatoms. The van der Waals surface area contributed by atoms with Crippen molar-refractivity contribution < 1.29 is 27.9 Å². The largest absolute Gasteiger partial charge is 0.481 e. The summed E-state index contributed by atoms with van der Waals surface area (Å²) >= 11 is 0. The maximum absolute atomic E-state index is 12.4. The van der Waals surface area contributed by atoms with Crippen LogP contribution in [0.2, 0.25) is 0 Å². The fraction of sp³-hybridized carbons (Fsp3) is 0.467. The number of amides is 2. The molecule has 0 aromatic heterocycles. The third-order valence-corrected chi connectivity index (χ3v) is 3.01. The number of nitrogens with one attached hydrogen (secondary N) is 2. The normalized spacial score (nSPS) is 11.9. The van der Waals surface area contributed by atoms with Crippen molar-refractivity contribution in [2.45, 2.75) is 44.8 Å². The second-order valence-electron chi connectivity index (χ2n) is 5.85. The highest BCUT2D eigenvalue weighted by atomic mass is 19.4. The second kappa shape index (κ2) is 7.34. The van der Waals surface area contributed by atoms with Gasteiger partial charge in [-0.15, -0.1) is 0 Å². The summed E-state index contributed by atoms with van der Waals surface area (Å²) in [5.41, 5.74) is -0.481. The lowest BCUT2D eigenvalue weighted by Crippen LogP contribution is -2.45. The van der Waals surface area contributed by atoms with Crippen molar-refractivity contribution in [3.8, 4) is 0 Å². The zero-order valence-electron chi connectivity index (χ0n) is 12.8. The van der Waals surface area contributed by atoms with E-state index in [1.165, 1.54) is 24.3 Å². The van der Waals surface area contributed by atoms with Gasteiger partial charge in [0, 0.05) is 17.6 Å². The van der Waals surface area contributed by atoms with Crippen molar-refractivity contribution in [2.75, 3.05) is 5.32 Å². The molecule has 1 rings (SSSR count). The van der Waals surface area contributed by atoms with Crippen molar-refractivity contribution >= 4 is 17.7 Å². The van der Waals surface area contributed by atoms with E-state index in [1.807, 2.05) is 0 Å². The first-order valence-corrected chi connectivity index (χ1v) is 6.93. The molecule has 1 aromatic rings. The molecule has 0 spiro atoms. The Bertz CT molecular complexity index is 571. The SMILES string of the molecule is CC(C)(CCC(=O)O)NC(=O)Nc1cccc(CC(F)(F)F)c1. The van der Waals surface area contributed by atoms with E-state index in [0.29, 0.717) is 0 Å². The first-order valence-electron chi connectivity index (χ1n) is 6.93. The molecule has 2 amide bonds. The molecule has 0 bridgehead atoms. The lowest BCUT2D eigenvalue weighted by molar-refractivity contribution is -0.137. The van der Waals surface area contributed by atoms with Crippen LogP contribution in [0.3, 0.4) is 0 Å². The van der Waals surface area contributed by atoms with E-state index in [4.69, 9.17) is 5.11 Å². The van der Waals surface area contributed by atoms with Crippen LogP contribution in [0, 0.1) is 0 Å². The van der Waals surface area contributed by atoms with Gasteiger partial charge < -0.3 is 15.7 Å². The molecule has 0 atom stereocenters. The van der Waals surface area contributed by atoms with Crippen molar-refractivity contribution in [3.05, 3.63) is 29.8 Å². The summed E-state index contributed by atoms with van der Waals surface area (Å²) in [7, 11) is 0. The van der Waals surface area contributed by atoms with E-state index in [1.54, 1.807) is 13.8 Å². The van der Waals surface area contributed by atoms with Crippen molar-refractivity contribution in [1.82, 2.24) is 5.32 Å². The van der Waals surface area contributed by atoms with E-state index >= 15 is 0 Å². The highest BCUT2D eigenvalue weighted by Gasteiger charge is 2.27. The van der Waals surface area contributed by atoms with Crippen LogP contribution in [0.5, 0.6) is 0 Å². The van der Waals surface area contributed by atoms with Gasteiger partial charge in [-0.3, -0.25) is 4.79 Å². The van der Waals surface area contributed by atoms with Crippen molar-refractivity contribution in [1.29, 1.82) is 0 Å². The zero-order valence-corrected chi connectivity index (χ0v) is 12.8. The number of benzene rings is 1. The van der Waals surface area contributed by atoms with Crippen molar-refractivity contribution in [2.24, 2.45) is 0 Å². The van der Waals surface area contributed by atoms with Crippen molar-refractivity contribution in [3.63, 3.8) is 0 Å². The Kier molecular flexibility index (Phi) is 6.00. The Hall–Kier alpha value is -2.25. The highest BCUT2D eigenvalue weighted by Crippen LogP contribution is 2.23. The topological polar surface area (TPSA) is 78.4 Å². The third kappa shape index (κ3) is 8.08. The molecule has 0 saturated heterocycles. The number of aliphatic carboxylic acids is 1. The molecule has 128 valence electrons. The quantitative estimate of drug-likeness (QED) is 0.745. The molecular weight excluding hydrogens is 313 g/mol. The van der Waals surface area contributed by atoms with Crippen LogP contribution >= 0.6 is 0 Å². The summed E-state index contributed by atoms with van der Waals surface area (Å²) in [6, 6.07) is 4.87. The summed E-state index contributed by atoms with van der Waals surface area (Å²) in [5.74, 6) is -0.972. The van der Waals surface area contributed by atoms with Gasteiger partial charge in [-0.2, -0.15) is 13.2 Å². The molecule has 0 aliphatic rings. The lowest BCUT2D eigenvalue weighted by atomic mass is 9.99. The first-order chi connectivity index (χ1) is 10.5. The summed E-state index contributed by atoms with van der Waals surface area (Å²) in [5, 5.41) is 13.7. The number of carboxylic acid groups (broad SMARTS) is 1. The first kappa shape index (κ1) is 18.8. The number of anilines is 1. The smallest absolute Gasteiger partial charge is 0.393 e. The molecule has 0 radical (unpaired) electrons. The summed E-state index contributed by atoms with van der Waals surface area (Å²) < 4.78 is 37.1. The number of carbonyl (C=O) groups is 2. The van der Waals surface area contributed by atoms with Crippen LogP contribution in [-0.2, 0) is 11.2 Å². The summed E-state index contributed by atoms with van der Waals surface area (Å²) in [6.07, 6.45) is -5.27. The molecule has 0 unspecified atom stereocenters. The molecule has 0 aliphatic carbocycles. The maximum Gasteiger partial charge on any atom is 0.393 e. The van der Waals surface area contributed by atoms with Crippen LogP contribution in [0.25, 0.3) is 0 Å². The highest BCUT2D eigenvalue weighted by molar-refractivity contribution is 5.89. The predicted molar refractivity (Wildman–Crippen MR) is 79.3 cm³/mol. The van der Waals surface area contributed by atoms with E-state index in [0.717, 1.165) is 0 Å². The molecule has 5 nitrogen and oxygen atoms in total. The third-order valence-electron chi connectivity index (χ3n) is 3.01. The van der Waals surface area contributed by atoms with Gasteiger partial charge in [-0.05, 0) is 38.0 Å². The number of urea groups is 1. The van der Waals surface area contributed by atoms with E-state index < -0.39 is 30.1 Å². The Morgan fingerprint density at radius 3 is 2.43 bits per heavy atom. The minimum atomic E-state index is -4.32. The van der Waals surface area contributed by atoms with Gasteiger partial charge >= 0.3 is 18.2 Å². The molecule has 0 heterocycles. The van der Waals surface area contributed by atoms with Crippen LogP contribution in [0.1, 0.15) is 32.3 Å². The number of rotatable bonds is 6. The van der Waals surface area contributed by atoms with Gasteiger partial charge in [0.05, 0.1) is 6.42 Å². The van der Waals surface area contributed by atoms with Crippen LogP contribution in [0.15, 0.2) is 24.3 Å². The molecule has 1 aromatic carbocycles. The fourth-order valence-electron chi connectivity index (χ4n) is 1.94. The van der Waals surface area contributed by atoms with Gasteiger partial charge in [0.25, 0.3) is 0 Å². The van der Waals surface area contributed by atoms with E-state index in [2.05, 4.69) is 10.6 Å². The van der Waals surface area contributed by atoms with Gasteiger partial charge in [0.1, 0.15) is 0 Å². The molecule has 0 saturated carbocycles. The Labute approximate surface area is 131 Å². The molecule has 23 heavy (non-hydrogen) atoms. The predicted octanol–water partition coefficient (Wildman–Crippen LogP) is 3.56. The zero-order chi connectivity index (χ0) is 17.7. The van der Waals surface area contributed by atoms with Gasteiger partial charge in [-0.1, -0.05) is 12.1 Å². The summed E-state index contributed by atoms with van der Waals surface area (Å²) in [4.78, 5) is 22.4. The van der Waals surface area contributed by atoms with E-state index in [-0.39, 0.29) is 24.1 Å². The Morgan fingerprint density at radius 2 is 1.87 bits per heavy atom. The molecule has 3 N–H and O–H groups in total. The van der Waals surface area contributed by atoms with Crippen LogP contribution < -0.4 is 10.6 Å². The Balaban J connectivity index is 2.63. The lowest BCUT2D eigenvalue weighted by Gasteiger charge is -2.25. The molecule has 0 fully saturated rings. The van der Waals surface area contributed by atoms with Gasteiger partial charge in [0.2, 0.25) is 0 Å². The molecule has 0 aliphatic heterocycles. The van der Waals surface area contributed by atoms with Crippen LogP contribution in [0.4, 0.5) is 23.7 Å². The average molecular weight is 332 g/mol. The second-order valence-corrected chi connectivity index (χ2v) is 5.85.